The van der Waals surface area contributed by atoms with Crippen molar-refractivity contribution in [3.05, 3.63) is 24.3 Å². The van der Waals surface area contributed by atoms with Gasteiger partial charge in [-0.25, -0.2) is 0 Å². The monoisotopic (exact) mass is 421 g/mol. The van der Waals surface area contributed by atoms with Gasteiger partial charge < -0.3 is 15.0 Å². The summed E-state index contributed by atoms with van der Waals surface area (Å²) in [5.41, 5.74) is 0.0416. The molecule has 1 N–H and O–H groups in total. The Morgan fingerprint density at radius 3 is 2.64 bits per heavy atom. The fourth-order valence-corrected chi connectivity index (χ4v) is 4.31. The van der Waals surface area contributed by atoms with Gasteiger partial charge in [0, 0.05) is 13.1 Å². The van der Waals surface area contributed by atoms with Crippen molar-refractivity contribution in [3.63, 3.8) is 0 Å². The molecule has 0 atom stereocenters. The van der Waals surface area contributed by atoms with Crippen LogP contribution in [0.15, 0.2) is 24.3 Å². The molecule has 2 amide bonds. The van der Waals surface area contributed by atoms with Crippen LogP contribution in [0, 0.1) is 0 Å². The van der Waals surface area contributed by atoms with Gasteiger partial charge in [-0.1, -0.05) is 36.1 Å². The predicted molar refractivity (Wildman–Crippen MR) is 113 cm³/mol. The number of anilines is 2. The summed E-state index contributed by atoms with van der Waals surface area (Å²) in [6.07, 6.45) is 2.22. The van der Waals surface area contributed by atoms with Crippen molar-refractivity contribution in [2.24, 2.45) is 0 Å². The molecule has 2 heterocycles. The lowest BCUT2D eigenvalue weighted by atomic mass is 9.96. The van der Waals surface area contributed by atoms with E-state index in [1.807, 2.05) is 0 Å². The Balaban J connectivity index is 1.58. The first-order valence-corrected chi connectivity index (χ1v) is 10.5. The number of carbonyl (C=O) groups excluding carboxylic acids is 3. The summed E-state index contributed by atoms with van der Waals surface area (Å²) in [6.45, 7) is 4.72. The minimum atomic E-state index is -1.09. The Hall–Kier alpha value is -2.13. The average molecular weight is 422 g/mol. The number of benzene rings is 1. The second-order valence-corrected chi connectivity index (χ2v) is 8.78. The van der Waals surface area contributed by atoms with Crippen LogP contribution in [-0.4, -0.2) is 58.0 Å². The number of nitrogens with zero attached hydrogens (tertiary/aromatic N) is 2. The molecule has 1 aromatic rings. The van der Waals surface area contributed by atoms with E-state index < -0.39 is 24.0 Å². The van der Waals surface area contributed by atoms with Gasteiger partial charge >= 0.3 is 5.97 Å². The van der Waals surface area contributed by atoms with Crippen LogP contribution < -0.4 is 10.2 Å². The van der Waals surface area contributed by atoms with Crippen LogP contribution in [0.5, 0.6) is 0 Å². The van der Waals surface area contributed by atoms with Crippen molar-refractivity contribution in [2.45, 2.75) is 32.2 Å². The summed E-state index contributed by atoms with van der Waals surface area (Å²) in [4.78, 5) is 40.7. The first-order valence-electron chi connectivity index (χ1n) is 9.11. The molecule has 0 unspecified atom stereocenters. The molecule has 28 heavy (non-hydrogen) atoms. The van der Waals surface area contributed by atoms with Gasteiger partial charge in [0.2, 0.25) is 5.91 Å². The summed E-state index contributed by atoms with van der Waals surface area (Å²) in [5, 5.41) is 2.80. The van der Waals surface area contributed by atoms with Crippen molar-refractivity contribution in [2.75, 3.05) is 35.7 Å². The first-order chi connectivity index (χ1) is 13.3. The molecular weight excluding hydrogens is 398 g/mol. The molecule has 0 aromatic heterocycles. The van der Waals surface area contributed by atoms with Crippen molar-refractivity contribution >= 4 is 57.5 Å². The highest BCUT2D eigenvalue weighted by Gasteiger charge is 2.43. The van der Waals surface area contributed by atoms with E-state index in [0.717, 1.165) is 25.9 Å². The zero-order valence-electron chi connectivity index (χ0n) is 15.9. The second kappa shape index (κ2) is 8.48. The number of rotatable bonds is 4. The van der Waals surface area contributed by atoms with Crippen LogP contribution in [0.4, 0.5) is 11.4 Å². The van der Waals surface area contributed by atoms with Gasteiger partial charge in [0.1, 0.15) is 9.86 Å². The quantitative estimate of drug-likeness (QED) is 0.591. The van der Waals surface area contributed by atoms with E-state index >= 15 is 0 Å². The molecule has 150 valence electrons. The zero-order valence-corrected chi connectivity index (χ0v) is 17.5. The van der Waals surface area contributed by atoms with E-state index in [-0.39, 0.29) is 11.7 Å². The summed E-state index contributed by atoms with van der Waals surface area (Å²) in [6, 6.07) is 7.04. The van der Waals surface area contributed by atoms with Gasteiger partial charge in [-0.3, -0.25) is 19.3 Å². The highest BCUT2D eigenvalue weighted by molar-refractivity contribution is 8.23. The minimum Gasteiger partial charge on any atom is -0.455 e. The zero-order chi connectivity index (χ0) is 20.3. The topological polar surface area (TPSA) is 79.0 Å². The Kier molecular flexibility index (Phi) is 6.24. The molecule has 0 saturated carbocycles. The van der Waals surface area contributed by atoms with E-state index in [0.29, 0.717) is 15.7 Å². The highest BCUT2D eigenvalue weighted by Crippen LogP contribution is 2.36. The van der Waals surface area contributed by atoms with Crippen molar-refractivity contribution in [3.8, 4) is 0 Å². The summed E-state index contributed by atoms with van der Waals surface area (Å²) in [5.74, 6) is -1.19. The molecule has 0 spiro atoms. The third kappa shape index (κ3) is 4.30. The molecule has 0 radical (unpaired) electrons. The second-order valence-electron chi connectivity index (χ2n) is 7.17. The van der Waals surface area contributed by atoms with E-state index in [9.17, 15) is 14.4 Å². The number of hydrogen-bond donors (Lipinski definition) is 1. The first kappa shape index (κ1) is 20.6. The number of hydrogen-bond acceptors (Lipinski definition) is 6. The van der Waals surface area contributed by atoms with Gasteiger partial charge in [0.25, 0.3) is 5.91 Å². The number of thiocarbonyl (C=S) groups is 1. The molecule has 0 bridgehead atoms. The number of likely N-dealkylation sites (tertiary alicyclic amines) is 1. The van der Waals surface area contributed by atoms with E-state index in [4.69, 9.17) is 17.0 Å². The number of amides is 2. The lowest BCUT2D eigenvalue weighted by Crippen LogP contribution is -2.59. The molecule has 2 aliphatic rings. The maximum atomic E-state index is 12.8. The third-order valence-corrected chi connectivity index (χ3v) is 6.29. The third-order valence-electron chi connectivity index (χ3n) is 4.79. The number of fused-ring (bicyclic) bond motifs is 1. The van der Waals surface area contributed by atoms with E-state index in [1.54, 1.807) is 38.1 Å². The van der Waals surface area contributed by atoms with E-state index in [2.05, 4.69) is 10.2 Å². The van der Waals surface area contributed by atoms with Crippen LogP contribution in [0.1, 0.15) is 26.7 Å². The molecular formula is C19H23N3O4S2. The van der Waals surface area contributed by atoms with Crippen molar-refractivity contribution in [1.29, 1.82) is 0 Å². The van der Waals surface area contributed by atoms with Gasteiger partial charge in [0.05, 0.1) is 17.1 Å². The number of ether oxygens (including phenoxy) is 1. The largest absolute Gasteiger partial charge is 0.455 e. The maximum Gasteiger partial charge on any atom is 0.316 e. The Morgan fingerprint density at radius 1 is 1.25 bits per heavy atom. The van der Waals surface area contributed by atoms with Crippen LogP contribution in [0.25, 0.3) is 0 Å². The molecule has 1 aromatic carbocycles. The molecule has 9 heteroatoms. The van der Waals surface area contributed by atoms with Crippen LogP contribution in [-0.2, 0) is 19.1 Å². The van der Waals surface area contributed by atoms with Crippen LogP contribution >= 0.6 is 24.0 Å². The Labute approximate surface area is 173 Å². The van der Waals surface area contributed by atoms with Crippen LogP contribution in [0.2, 0.25) is 0 Å². The Bertz CT molecular complexity index is 806. The van der Waals surface area contributed by atoms with Crippen molar-refractivity contribution < 1.29 is 19.1 Å². The molecule has 1 saturated heterocycles. The van der Waals surface area contributed by atoms with Gasteiger partial charge in [-0.15, -0.1) is 0 Å². The Morgan fingerprint density at radius 2 is 1.93 bits per heavy atom. The minimum absolute atomic E-state index is 0.0586. The summed E-state index contributed by atoms with van der Waals surface area (Å²) >= 11 is 6.57. The molecule has 1 fully saturated rings. The molecule has 3 rings (SSSR count). The van der Waals surface area contributed by atoms with Gasteiger partial charge in [-0.05, 0) is 38.8 Å². The lowest BCUT2D eigenvalue weighted by molar-refractivity contribution is -0.145. The lowest BCUT2D eigenvalue weighted by Gasteiger charge is -2.41. The van der Waals surface area contributed by atoms with Crippen LogP contribution in [0.3, 0.4) is 0 Å². The average Bonchev–Trinajstić information content (AvgIpc) is 3.20. The number of para-hydroxylation sites is 2. The predicted octanol–water partition coefficient (Wildman–Crippen LogP) is 2.41. The van der Waals surface area contributed by atoms with Gasteiger partial charge in [-0.2, -0.15) is 0 Å². The summed E-state index contributed by atoms with van der Waals surface area (Å²) in [7, 11) is 0. The number of thioether (sulfide) groups is 1. The fourth-order valence-electron chi connectivity index (χ4n) is 3.26. The molecule has 2 aliphatic heterocycles. The standard InChI is InChI=1S/C19H23N3O4S2/c1-19(2)17(25)20-13-7-3-4-8-14(13)22(19)15(23)11-26-16(24)12-28-18(27)21-9-5-6-10-21/h3-4,7-8H,5-6,9-12H2,1-2H3,(H,20,25). The highest BCUT2D eigenvalue weighted by atomic mass is 32.2. The summed E-state index contributed by atoms with van der Waals surface area (Å²) < 4.78 is 5.84. The van der Waals surface area contributed by atoms with E-state index in [1.165, 1.54) is 16.7 Å². The molecule has 7 nitrogen and oxygen atoms in total. The molecule has 0 aliphatic carbocycles. The normalized spacial score (nSPS) is 17.7. The fraction of sp³-hybridized carbons (Fsp3) is 0.474. The number of esters is 1. The maximum absolute atomic E-state index is 12.8. The smallest absolute Gasteiger partial charge is 0.316 e. The van der Waals surface area contributed by atoms with Crippen molar-refractivity contribution in [1.82, 2.24) is 4.90 Å². The van der Waals surface area contributed by atoms with Gasteiger partial charge in [0.15, 0.2) is 6.61 Å². The number of nitrogens with one attached hydrogen (secondary N) is 1. The SMILES string of the molecule is CC1(C)C(=O)Nc2ccccc2N1C(=O)COC(=O)CSC(=S)N1CCCC1. The number of carbonyl (C=O) groups is 3.